The van der Waals surface area contributed by atoms with Gasteiger partial charge < -0.3 is 9.47 Å². The molecule has 0 aromatic carbocycles. The summed E-state index contributed by atoms with van der Waals surface area (Å²) in [4.78, 5) is 14.9. The second-order valence-corrected chi connectivity index (χ2v) is 5.43. The topological polar surface area (TPSA) is 46.8 Å². The van der Waals surface area contributed by atoms with Gasteiger partial charge in [-0.1, -0.05) is 13.8 Å². The highest BCUT2D eigenvalue weighted by Gasteiger charge is 2.28. The first-order valence-corrected chi connectivity index (χ1v) is 6.76. The van der Waals surface area contributed by atoms with E-state index >= 15 is 0 Å². The largest absolute Gasteiger partial charge is 0.356 e. The lowest BCUT2D eigenvalue weighted by molar-refractivity contribution is 0.348. The summed E-state index contributed by atoms with van der Waals surface area (Å²) in [5, 5.41) is 0. The zero-order valence-corrected chi connectivity index (χ0v) is 11.4. The molecule has 0 aliphatic carbocycles. The fraction of sp³-hybridized carbons (Fsp3) is 0.500. The molecule has 1 saturated heterocycles. The summed E-state index contributed by atoms with van der Waals surface area (Å²) in [5.41, 5.74) is 0. The zero-order valence-electron chi connectivity index (χ0n) is 11.4. The molecule has 1 fully saturated rings. The number of imidazole rings is 1. The zero-order chi connectivity index (χ0) is 13.2. The quantitative estimate of drug-likeness (QED) is 0.839. The van der Waals surface area contributed by atoms with Crippen molar-refractivity contribution in [3.8, 4) is 0 Å². The molecule has 100 valence electrons. The van der Waals surface area contributed by atoms with Crippen molar-refractivity contribution in [3.05, 3.63) is 36.8 Å². The summed E-state index contributed by atoms with van der Waals surface area (Å²) >= 11 is 0. The fourth-order valence-electron chi connectivity index (χ4n) is 2.60. The lowest BCUT2D eigenvalue weighted by atomic mass is 10.00. The Morgan fingerprint density at radius 1 is 1.26 bits per heavy atom. The molecule has 0 spiro atoms. The highest BCUT2D eigenvalue weighted by molar-refractivity contribution is 5.39. The summed E-state index contributed by atoms with van der Waals surface area (Å²) in [5.74, 6) is 3.37. The van der Waals surface area contributed by atoms with Crippen LogP contribution in [0.4, 0.5) is 5.82 Å². The van der Waals surface area contributed by atoms with Crippen molar-refractivity contribution in [3.63, 3.8) is 0 Å². The molecule has 2 aromatic heterocycles. The lowest BCUT2D eigenvalue weighted by Gasteiger charge is -2.40. The average molecular weight is 257 g/mol. The number of hydrogen-bond acceptors (Lipinski definition) is 4. The van der Waals surface area contributed by atoms with Gasteiger partial charge in [0.25, 0.3) is 0 Å². The van der Waals surface area contributed by atoms with Gasteiger partial charge in [-0.25, -0.2) is 15.0 Å². The van der Waals surface area contributed by atoms with E-state index in [4.69, 9.17) is 0 Å². The molecule has 0 atom stereocenters. The van der Waals surface area contributed by atoms with E-state index in [0.717, 1.165) is 25.5 Å². The highest BCUT2D eigenvalue weighted by atomic mass is 15.3. The Morgan fingerprint density at radius 2 is 2.11 bits per heavy atom. The molecule has 19 heavy (non-hydrogen) atoms. The van der Waals surface area contributed by atoms with Crippen LogP contribution in [-0.2, 0) is 6.54 Å². The lowest BCUT2D eigenvalue weighted by Crippen LogP contribution is -2.49. The number of rotatable bonds is 4. The van der Waals surface area contributed by atoms with Crippen LogP contribution in [0.15, 0.2) is 31.0 Å². The average Bonchev–Trinajstić information content (AvgIpc) is 2.82. The number of hydrogen-bond donors (Lipinski definition) is 0. The van der Waals surface area contributed by atoms with Crippen molar-refractivity contribution in [2.24, 2.45) is 5.92 Å². The van der Waals surface area contributed by atoms with Crippen LogP contribution in [0.2, 0.25) is 0 Å². The first-order chi connectivity index (χ1) is 9.24. The maximum atomic E-state index is 4.43. The number of aromatic nitrogens is 4. The molecule has 1 aliphatic heterocycles. The summed E-state index contributed by atoms with van der Waals surface area (Å²) in [7, 11) is 0. The smallest absolute Gasteiger partial charge is 0.131 e. The molecule has 0 radical (unpaired) electrons. The molecule has 0 unspecified atom stereocenters. The Morgan fingerprint density at radius 3 is 2.79 bits per heavy atom. The van der Waals surface area contributed by atoms with Gasteiger partial charge in [-0.2, -0.15) is 0 Å². The standard InChI is InChI=1S/C14H19N5/c1-11(2)14-16-5-6-18(14)7-12-8-19(9-12)13-3-4-15-10-17-13/h3-6,10-12H,7-9H2,1-2H3. The normalized spacial score (nSPS) is 15.8. The molecule has 0 N–H and O–H groups in total. The van der Waals surface area contributed by atoms with Crippen LogP contribution in [-0.4, -0.2) is 32.6 Å². The number of anilines is 1. The van der Waals surface area contributed by atoms with Crippen LogP contribution in [0, 0.1) is 5.92 Å². The van der Waals surface area contributed by atoms with E-state index in [2.05, 4.69) is 44.5 Å². The summed E-state index contributed by atoms with van der Waals surface area (Å²) < 4.78 is 2.28. The molecule has 5 nitrogen and oxygen atoms in total. The Hall–Kier alpha value is -1.91. The Kier molecular flexibility index (Phi) is 3.19. The van der Waals surface area contributed by atoms with Crippen molar-refractivity contribution < 1.29 is 0 Å². The maximum Gasteiger partial charge on any atom is 0.131 e. The van der Waals surface area contributed by atoms with Gasteiger partial charge in [-0.05, 0) is 6.07 Å². The van der Waals surface area contributed by atoms with Crippen molar-refractivity contribution in [1.82, 2.24) is 19.5 Å². The number of nitrogens with zero attached hydrogens (tertiary/aromatic N) is 5. The molecule has 0 saturated carbocycles. The Bertz CT molecular complexity index is 528. The van der Waals surface area contributed by atoms with Gasteiger partial charge >= 0.3 is 0 Å². The molecule has 0 amide bonds. The minimum Gasteiger partial charge on any atom is -0.356 e. The van der Waals surface area contributed by atoms with Crippen LogP contribution in [0.5, 0.6) is 0 Å². The first-order valence-electron chi connectivity index (χ1n) is 6.76. The third kappa shape index (κ3) is 2.45. The monoisotopic (exact) mass is 257 g/mol. The Labute approximate surface area is 113 Å². The van der Waals surface area contributed by atoms with Crippen LogP contribution < -0.4 is 4.90 Å². The van der Waals surface area contributed by atoms with Gasteiger partial charge in [0.1, 0.15) is 18.0 Å². The van der Waals surface area contributed by atoms with E-state index in [1.807, 2.05) is 12.3 Å². The molecule has 2 aromatic rings. The Balaban J connectivity index is 1.58. The van der Waals surface area contributed by atoms with Crippen LogP contribution in [0.25, 0.3) is 0 Å². The van der Waals surface area contributed by atoms with Crippen LogP contribution in [0.3, 0.4) is 0 Å². The molecule has 3 rings (SSSR count). The van der Waals surface area contributed by atoms with Gasteiger partial charge in [-0.3, -0.25) is 0 Å². The van der Waals surface area contributed by atoms with Crippen molar-refractivity contribution in [2.45, 2.75) is 26.3 Å². The van der Waals surface area contributed by atoms with Gasteiger partial charge in [0.15, 0.2) is 0 Å². The predicted octanol–water partition coefficient (Wildman–Crippen LogP) is 1.93. The van der Waals surface area contributed by atoms with E-state index in [9.17, 15) is 0 Å². The fourth-order valence-corrected chi connectivity index (χ4v) is 2.60. The highest BCUT2D eigenvalue weighted by Crippen LogP contribution is 2.24. The van der Waals surface area contributed by atoms with Gasteiger partial charge in [0, 0.05) is 50.1 Å². The molecule has 1 aliphatic rings. The van der Waals surface area contributed by atoms with Crippen molar-refractivity contribution in [1.29, 1.82) is 0 Å². The van der Waals surface area contributed by atoms with E-state index in [1.54, 1.807) is 12.5 Å². The minimum atomic E-state index is 0.480. The third-order valence-corrected chi connectivity index (χ3v) is 3.57. The molecule has 5 heteroatoms. The molecular weight excluding hydrogens is 238 g/mol. The SMILES string of the molecule is CC(C)c1nccn1CC1CN(c2ccncn2)C1. The van der Waals surface area contributed by atoms with E-state index in [1.165, 1.54) is 5.82 Å². The van der Waals surface area contributed by atoms with Crippen LogP contribution >= 0.6 is 0 Å². The predicted molar refractivity (Wildman–Crippen MR) is 74.1 cm³/mol. The second-order valence-electron chi connectivity index (χ2n) is 5.43. The molecular formula is C14H19N5. The van der Waals surface area contributed by atoms with Crippen LogP contribution in [0.1, 0.15) is 25.6 Å². The summed E-state index contributed by atoms with van der Waals surface area (Å²) in [6.07, 6.45) is 7.39. The van der Waals surface area contributed by atoms with Gasteiger partial charge in [0.05, 0.1) is 0 Å². The van der Waals surface area contributed by atoms with E-state index in [-0.39, 0.29) is 0 Å². The van der Waals surface area contributed by atoms with Gasteiger partial charge in [-0.15, -0.1) is 0 Å². The van der Waals surface area contributed by atoms with Crippen molar-refractivity contribution >= 4 is 5.82 Å². The second kappa shape index (κ2) is 4.99. The summed E-state index contributed by atoms with van der Waals surface area (Å²) in [6.45, 7) is 7.55. The molecule has 0 bridgehead atoms. The van der Waals surface area contributed by atoms with E-state index < -0.39 is 0 Å². The maximum absolute atomic E-state index is 4.43. The van der Waals surface area contributed by atoms with E-state index in [0.29, 0.717) is 11.8 Å². The first kappa shape index (κ1) is 12.1. The van der Waals surface area contributed by atoms with Gasteiger partial charge in [0.2, 0.25) is 0 Å². The third-order valence-electron chi connectivity index (χ3n) is 3.57. The van der Waals surface area contributed by atoms with Crippen molar-refractivity contribution in [2.75, 3.05) is 18.0 Å². The minimum absolute atomic E-state index is 0.480. The molecule has 3 heterocycles. The summed E-state index contributed by atoms with van der Waals surface area (Å²) in [6, 6.07) is 1.97.